The molecule has 1 atom stereocenters. The maximum Gasteiger partial charge on any atom is 0.0593 e. The Morgan fingerprint density at radius 3 is 3.00 bits per heavy atom. The lowest BCUT2D eigenvalue weighted by Crippen LogP contribution is -2.23. The minimum atomic E-state index is 0.611. The van der Waals surface area contributed by atoms with Crippen LogP contribution in [0.25, 0.3) is 0 Å². The van der Waals surface area contributed by atoms with Crippen molar-refractivity contribution in [2.45, 2.75) is 39.3 Å². The Morgan fingerprint density at radius 1 is 1.57 bits per heavy atom. The summed E-state index contributed by atoms with van der Waals surface area (Å²) in [5, 5.41) is 7.81. The summed E-state index contributed by atoms with van der Waals surface area (Å²) in [6.07, 6.45) is 6.62. The van der Waals surface area contributed by atoms with Gasteiger partial charge >= 0.3 is 0 Å². The van der Waals surface area contributed by atoms with E-state index in [2.05, 4.69) is 23.4 Å². The third kappa shape index (κ3) is 2.16. The first-order valence-corrected chi connectivity index (χ1v) is 5.17. The van der Waals surface area contributed by atoms with Gasteiger partial charge in [-0.25, -0.2) is 0 Å². The van der Waals surface area contributed by atoms with Crippen LogP contribution in [0.1, 0.15) is 25.5 Å². The van der Waals surface area contributed by atoms with E-state index in [1.807, 2.05) is 23.9 Å². The summed E-state index contributed by atoms with van der Waals surface area (Å²) in [6.45, 7) is 5.15. The van der Waals surface area contributed by atoms with Gasteiger partial charge in [-0.3, -0.25) is 4.68 Å². The predicted octanol–water partition coefficient (Wildman–Crippen LogP) is 1.85. The molecule has 1 unspecified atom stereocenters. The molecule has 76 valence electrons. The molecule has 3 heteroatoms. The number of hydrogen-bond acceptors (Lipinski definition) is 2. The average Bonchev–Trinajstić information content (AvgIpc) is 2.72. The number of hydrogen-bond donors (Lipinski definition) is 1. The zero-order valence-corrected chi connectivity index (χ0v) is 8.83. The normalized spacial score (nSPS) is 20.7. The summed E-state index contributed by atoms with van der Waals surface area (Å²) in [5.74, 6) is 0. The number of rotatable bonds is 3. The first kappa shape index (κ1) is 9.31. The van der Waals surface area contributed by atoms with Crippen LogP contribution in [0.5, 0.6) is 0 Å². The maximum atomic E-state index is 4.36. The zero-order valence-electron chi connectivity index (χ0n) is 8.83. The van der Waals surface area contributed by atoms with Crippen molar-refractivity contribution in [3.63, 3.8) is 0 Å². The van der Waals surface area contributed by atoms with Crippen LogP contribution in [-0.4, -0.2) is 15.8 Å². The molecular weight excluding hydrogens is 174 g/mol. The lowest BCUT2D eigenvalue weighted by Gasteiger charge is -2.11. The highest BCUT2D eigenvalue weighted by Crippen LogP contribution is 2.11. The van der Waals surface area contributed by atoms with Crippen molar-refractivity contribution in [2.75, 3.05) is 0 Å². The van der Waals surface area contributed by atoms with Gasteiger partial charge in [0.2, 0.25) is 0 Å². The van der Waals surface area contributed by atoms with Gasteiger partial charge in [0.15, 0.2) is 0 Å². The molecule has 0 aromatic carbocycles. The van der Waals surface area contributed by atoms with Crippen molar-refractivity contribution < 1.29 is 0 Å². The minimum absolute atomic E-state index is 0.611. The summed E-state index contributed by atoms with van der Waals surface area (Å²) in [6, 6.07) is 2.66. The second-order valence-corrected chi connectivity index (χ2v) is 3.97. The van der Waals surface area contributed by atoms with Crippen LogP contribution in [-0.2, 0) is 6.54 Å². The highest BCUT2D eigenvalue weighted by molar-refractivity contribution is 5.06. The molecule has 0 radical (unpaired) electrons. The predicted molar refractivity (Wildman–Crippen MR) is 56.9 cm³/mol. The molecule has 1 aliphatic rings. The molecule has 2 heterocycles. The number of nitrogens with zero attached hydrogens (tertiary/aromatic N) is 2. The second-order valence-electron chi connectivity index (χ2n) is 3.97. The fraction of sp³-hybridized carbons (Fsp3) is 0.545. The summed E-state index contributed by atoms with van der Waals surface area (Å²) < 4.78 is 2.02. The van der Waals surface area contributed by atoms with Crippen LogP contribution >= 0.6 is 0 Å². The van der Waals surface area contributed by atoms with Gasteiger partial charge in [-0.05, 0) is 32.8 Å². The smallest absolute Gasteiger partial charge is 0.0593 e. The monoisotopic (exact) mass is 191 g/mol. The summed E-state index contributed by atoms with van der Waals surface area (Å²) in [4.78, 5) is 0. The van der Waals surface area contributed by atoms with Crippen molar-refractivity contribution in [2.24, 2.45) is 0 Å². The fourth-order valence-electron chi connectivity index (χ4n) is 1.82. The molecule has 1 aliphatic heterocycles. The number of allylic oxidation sites excluding steroid dienone is 1. The van der Waals surface area contributed by atoms with Gasteiger partial charge < -0.3 is 5.32 Å². The van der Waals surface area contributed by atoms with Gasteiger partial charge in [-0.1, -0.05) is 6.08 Å². The number of aryl methyl sites for hydroxylation is 2. The lowest BCUT2D eigenvalue weighted by atomic mass is 10.2. The van der Waals surface area contributed by atoms with Gasteiger partial charge in [-0.2, -0.15) is 5.10 Å². The molecule has 1 aromatic rings. The Hall–Kier alpha value is -1.25. The molecule has 1 aromatic heterocycles. The Kier molecular flexibility index (Phi) is 2.57. The SMILES string of the molecule is CC1=CCC(CCn2ccc(C)n2)N1. The lowest BCUT2D eigenvalue weighted by molar-refractivity contribution is 0.483. The van der Waals surface area contributed by atoms with E-state index in [0.29, 0.717) is 6.04 Å². The quantitative estimate of drug-likeness (QED) is 0.790. The van der Waals surface area contributed by atoms with E-state index in [1.54, 1.807) is 0 Å². The third-order valence-electron chi connectivity index (χ3n) is 2.62. The van der Waals surface area contributed by atoms with Crippen LogP contribution in [0.4, 0.5) is 0 Å². The molecule has 0 amide bonds. The molecule has 0 aliphatic carbocycles. The molecular formula is C11H17N3. The van der Waals surface area contributed by atoms with Gasteiger partial charge in [0.25, 0.3) is 0 Å². The number of aromatic nitrogens is 2. The number of nitrogens with one attached hydrogen (secondary N) is 1. The van der Waals surface area contributed by atoms with E-state index in [-0.39, 0.29) is 0 Å². The molecule has 0 saturated heterocycles. The summed E-state index contributed by atoms with van der Waals surface area (Å²) in [5.41, 5.74) is 2.41. The van der Waals surface area contributed by atoms with E-state index in [0.717, 1.165) is 25.1 Å². The van der Waals surface area contributed by atoms with Gasteiger partial charge in [0, 0.05) is 24.5 Å². The van der Waals surface area contributed by atoms with Gasteiger partial charge in [0.05, 0.1) is 5.69 Å². The van der Waals surface area contributed by atoms with Crippen LogP contribution in [0.15, 0.2) is 24.0 Å². The Morgan fingerprint density at radius 2 is 2.43 bits per heavy atom. The van der Waals surface area contributed by atoms with Crippen LogP contribution < -0.4 is 5.32 Å². The average molecular weight is 191 g/mol. The second kappa shape index (κ2) is 3.86. The molecule has 3 nitrogen and oxygen atoms in total. The maximum absolute atomic E-state index is 4.36. The highest BCUT2D eigenvalue weighted by atomic mass is 15.3. The van der Waals surface area contributed by atoms with Gasteiger partial charge in [0.1, 0.15) is 0 Å². The Balaban J connectivity index is 1.78. The Labute approximate surface area is 84.8 Å². The first-order chi connectivity index (χ1) is 6.74. The largest absolute Gasteiger partial charge is 0.386 e. The van der Waals surface area contributed by atoms with Crippen molar-refractivity contribution in [1.29, 1.82) is 0 Å². The third-order valence-corrected chi connectivity index (χ3v) is 2.62. The molecule has 0 fully saturated rings. The van der Waals surface area contributed by atoms with Crippen LogP contribution in [0, 0.1) is 6.92 Å². The molecule has 1 N–H and O–H groups in total. The zero-order chi connectivity index (χ0) is 9.97. The molecule has 2 rings (SSSR count). The molecule has 0 saturated carbocycles. The minimum Gasteiger partial charge on any atom is -0.386 e. The molecule has 14 heavy (non-hydrogen) atoms. The first-order valence-electron chi connectivity index (χ1n) is 5.17. The van der Waals surface area contributed by atoms with Gasteiger partial charge in [-0.15, -0.1) is 0 Å². The topological polar surface area (TPSA) is 29.9 Å². The highest BCUT2D eigenvalue weighted by Gasteiger charge is 2.12. The van der Waals surface area contributed by atoms with E-state index in [9.17, 15) is 0 Å². The van der Waals surface area contributed by atoms with E-state index < -0.39 is 0 Å². The van der Waals surface area contributed by atoms with E-state index in [4.69, 9.17) is 0 Å². The standard InChI is InChI=1S/C11H17N3/c1-9-3-4-11(12-9)6-8-14-7-5-10(2)13-14/h3,5,7,11-12H,4,6,8H2,1-2H3. The van der Waals surface area contributed by atoms with Crippen LogP contribution in [0.2, 0.25) is 0 Å². The van der Waals surface area contributed by atoms with Crippen LogP contribution in [0.3, 0.4) is 0 Å². The van der Waals surface area contributed by atoms with E-state index >= 15 is 0 Å². The van der Waals surface area contributed by atoms with E-state index in [1.165, 1.54) is 5.70 Å². The van der Waals surface area contributed by atoms with Crippen molar-refractivity contribution in [1.82, 2.24) is 15.1 Å². The molecule has 0 spiro atoms. The molecule has 0 bridgehead atoms. The van der Waals surface area contributed by atoms with Crippen molar-refractivity contribution in [3.05, 3.63) is 29.7 Å². The van der Waals surface area contributed by atoms with Crippen molar-refractivity contribution in [3.8, 4) is 0 Å². The fourth-order valence-corrected chi connectivity index (χ4v) is 1.82. The summed E-state index contributed by atoms with van der Waals surface area (Å²) in [7, 11) is 0. The Bertz CT molecular complexity index is 338. The summed E-state index contributed by atoms with van der Waals surface area (Å²) >= 11 is 0. The van der Waals surface area contributed by atoms with Crippen molar-refractivity contribution >= 4 is 0 Å².